The number of nitrogens with one attached hydrogen (secondary N) is 1. The van der Waals surface area contributed by atoms with Crippen molar-refractivity contribution in [1.29, 1.82) is 0 Å². The summed E-state index contributed by atoms with van der Waals surface area (Å²) in [5.74, 6) is 0. The van der Waals surface area contributed by atoms with Crippen molar-refractivity contribution in [2.75, 3.05) is 18.5 Å². The Balaban J connectivity index is 2.09. The highest BCUT2D eigenvalue weighted by molar-refractivity contribution is 5.51. The topological polar surface area (TPSA) is 50.1 Å². The molecule has 0 saturated carbocycles. The van der Waals surface area contributed by atoms with Gasteiger partial charge in [-0.05, 0) is 18.2 Å². The molecule has 2 aromatic rings. The van der Waals surface area contributed by atoms with Crippen LogP contribution in [0.5, 0.6) is 0 Å². The van der Waals surface area contributed by atoms with Crippen molar-refractivity contribution in [2.24, 2.45) is 5.41 Å². The molecule has 18 heavy (non-hydrogen) atoms. The van der Waals surface area contributed by atoms with Crippen molar-refractivity contribution < 1.29 is 5.11 Å². The maximum atomic E-state index is 9.22. The van der Waals surface area contributed by atoms with Crippen molar-refractivity contribution >= 4 is 5.69 Å². The molecule has 0 spiro atoms. The maximum absolute atomic E-state index is 9.22. The van der Waals surface area contributed by atoms with Crippen LogP contribution in [0.2, 0.25) is 0 Å². The number of hydrogen-bond acceptors (Lipinski definition) is 3. The average molecular weight is 245 g/mol. The first kappa shape index (κ1) is 12.6. The number of benzene rings is 1. The molecule has 0 atom stereocenters. The van der Waals surface area contributed by atoms with E-state index < -0.39 is 0 Å². The van der Waals surface area contributed by atoms with Gasteiger partial charge in [0, 0.05) is 42.3 Å². The van der Waals surface area contributed by atoms with E-state index in [1.807, 2.05) is 42.8 Å². The molecule has 0 fully saturated rings. The van der Waals surface area contributed by atoms with Crippen LogP contribution in [-0.2, 0) is 0 Å². The van der Waals surface area contributed by atoms with E-state index in [0.717, 1.165) is 17.9 Å². The summed E-state index contributed by atoms with van der Waals surface area (Å²) in [6.45, 7) is 4.96. The fourth-order valence-corrected chi connectivity index (χ4v) is 1.59. The summed E-state index contributed by atoms with van der Waals surface area (Å²) in [5.41, 5.74) is 1.99. The number of rotatable bonds is 5. The Morgan fingerprint density at radius 1 is 1.39 bits per heavy atom. The summed E-state index contributed by atoms with van der Waals surface area (Å²) in [7, 11) is 0. The molecule has 0 bridgehead atoms. The Kier molecular flexibility index (Phi) is 3.67. The second-order valence-corrected chi connectivity index (χ2v) is 5.20. The lowest BCUT2D eigenvalue weighted by molar-refractivity contribution is 0.171. The highest BCUT2D eigenvalue weighted by atomic mass is 16.3. The summed E-state index contributed by atoms with van der Waals surface area (Å²) in [5, 5.41) is 12.6. The molecule has 1 aromatic carbocycles. The van der Waals surface area contributed by atoms with Crippen LogP contribution in [0.4, 0.5) is 5.69 Å². The number of anilines is 1. The largest absolute Gasteiger partial charge is 0.396 e. The Hall–Kier alpha value is -1.81. The van der Waals surface area contributed by atoms with Gasteiger partial charge < -0.3 is 15.0 Å². The summed E-state index contributed by atoms with van der Waals surface area (Å²) in [4.78, 5) is 4.04. The Morgan fingerprint density at radius 3 is 2.89 bits per heavy atom. The lowest BCUT2D eigenvalue weighted by Gasteiger charge is -2.22. The van der Waals surface area contributed by atoms with Gasteiger partial charge in [-0.3, -0.25) is 0 Å². The minimum Gasteiger partial charge on any atom is -0.396 e. The summed E-state index contributed by atoms with van der Waals surface area (Å²) >= 11 is 0. The number of nitrogens with zero attached hydrogens (tertiary/aromatic N) is 2. The van der Waals surface area contributed by atoms with E-state index in [9.17, 15) is 5.11 Å². The second-order valence-electron chi connectivity index (χ2n) is 5.20. The lowest BCUT2D eigenvalue weighted by Crippen LogP contribution is -2.26. The van der Waals surface area contributed by atoms with Gasteiger partial charge in [-0.2, -0.15) is 0 Å². The molecule has 0 aliphatic carbocycles. The van der Waals surface area contributed by atoms with Gasteiger partial charge in [0.1, 0.15) is 0 Å². The van der Waals surface area contributed by atoms with Crippen molar-refractivity contribution in [2.45, 2.75) is 13.8 Å². The normalized spacial score (nSPS) is 11.5. The van der Waals surface area contributed by atoms with E-state index in [-0.39, 0.29) is 12.0 Å². The molecule has 0 saturated heterocycles. The molecule has 0 aliphatic rings. The minimum absolute atomic E-state index is 0.120. The van der Waals surface area contributed by atoms with Crippen LogP contribution in [-0.4, -0.2) is 27.8 Å². The standard InChI is InChI=1S/C14H19N3O/c1-14(2,10-18)9-16-12-4-3-5-13(8-12)17-7-6-15-11-17/h3-8,11,16,18H,9-10H2,1-2H3. The number of aliphatic hydroxyl groups is 1. The van der Waals surface area contributed by atoms with Crippen LogP contribution in [0.3, 0.4) is 0 Å². The quantitative estimate of drug-likeness (QED) is 0.850. The highest BCUT2D eigenvalue weighted by Crippen LogP contribution is 2.18. The fourth-order valence-electron chi connectivity index (χ4n) is 1.59. The van der Waals surface area contributed by atoms with E-state index >= 15 is 0 Å². The van der Waals surface area contributed by atoms with Gasteiger partial charge in [-0.15, -0.1) is 0 Å². The first-order valence-electron chi connectivity index (χ1n) is 6.04. The fraction of sp³-hybridized carbons (Fsp3) is 0.357. The van der Waals surface area contributed by atoms with Gasteiger partial charge in [0.25, 0.3) is 0 Å². The van der Waals surface area contributed by atoms with Crippen LogP contribution in [0.25, 0.3) is 5.69 Å². The maximum Gasteiger partial charge on any atom is 0.0991 e. The molecular weight excluding hydrogens is 226 g/mol. The summed E-state index contributed by atoms with van der Waals surface area (Å²) in [6.07, 6.45) is 5.45. The Labute approximate surface area is 107 Å². The van der Waals surface area contributed by atoms with Crippen LogP contribution in [0, 0.1) is 5.41 Å². The zero-order valence-corrected chi connectivity index (χ0v) is 10.8. The lowest BCUT2D eigenvalue weighted by atomic mass is 9.95. The molecular formula is C14H19N3O. The van der Waals surface area contributed by atoms with Crippen LogP contribution in [0.1, 0.15) is 13.8 Å². The Morgan fingerprint density at radius 2 is 2.22 bits per heavy atom. The van der Waals surface area contributed by atoms with E-state index in [0.29, 0.717) is 0 Å². The SMILES string of the molecule is CC(C)(CO)CNc1cccc(-n2ccnc2)c1. The second kappa shape index (κ2) is 5.23. The van der Waals surface area contributed by atoms with Gasteiger partial charge in [0.2, 0.25) is 0 Å². The smallest absolute Gasteiger partial charge is 0.0991 e. The molecule has 96 valence electrons. The van der Waals surface area contributed by atoms with Crippen molar-refractivity contribution in [3.05, 3.63) is 43.0 Å². The van der Waals surface area contributed by atoms with E-state index in [1.54, 1.807) is 12.5 Å². The van der Waals surface area contributed by atoms with Gasteiger partial charge in [0.15, 0.2) is 0 Å². The highest BCUT2D eigenvalue weighted by Gasteiger charge is 2.15. The average Bonchev–Trinajstić information content (AvgIpc) is 2.91. The van der Waals surface area contributed by atoms with Crippen LogP contribution < -0.4 is 5.32 Å². The third-order valence-corrected chi connectivity index (χ3v) is 2.85. The van der Waals surface area contributed by atoms with Gasteiger partial charge in [0.05, 0.1) is 6.33 Å². The molecule has 4 heteroatoms. The van der Waals surface area contributed by atoms with Crippen LogP contribution >= 0.6 is 0 Å². The van der Waals surface area contributed by atoms with Gasteiger partial charge in [-0.1, -0.05) is 19.9 Å². The molecule has 0 amide bonds. The van der Waals surface area contributed by atoms with Crippen molar-refractivity contribution in [1.82, 2.24) is 9.55 Å². The van der Waals surface area contributed by atoms with E-state index in [1.165, 1.54) is 0 Å². The van der Waals surface area contributed by atoms with E-state index in [2.05, 4.69) is 16.4 Å². The number of hydrogen-bond donors (Lipinski definition) is 2. The first-order chi connectivity index (χ1) is 8.61. The minimum atomic E-state index is -0.120. The third-order valence-electron chi connectivity index (χ3n) is 2.85. The molecule has 1 aromatic heterocycles. The predicted molar refractivity (Wildman–Crippen MR) is 72.9 cm³/mol. The molecule has 1 heterocycles. The molecule has 2 rings (SSSR count). The molecule has 4 nitrogen and oxygen atoms in total. The van der Waals surface area contributed by atoms with Crippen LogP contribution in [0.15, 0.2) is 43.0 Å². The zero-order valence-electron chi connectivity index (χ0n) is 10.8. The van der Waals surface area contributed by atoms with Gasteiger partial charge >= 0.3 is 0 Å². The summed E-state index contributed by atoms with van der Waals surface area (Å²) in [6, 6.07) is 8.12. The monoisotopic (exact) mass is 245 g/mol. The molecule has 0 radical (unpaired) electrons. The van der Waals surface area contributed by atoms with Crippen molar-refractivity contribution in [3.8, 4) is 5.69 Å². The van der Waals surface area contributed by atoms with Gasteiger partial charge in [-0.25, -0.2) is 4.98 Å². The first-order valence-corrected chi connectivity index (χ1v) is 6.04. The molecule has 2 N–H and O–H groups in total. The Bertz CT molecular complexity index is 492. The molecule has 0 unspecified atom stereocenters. The van der Waals surface area contributed by atoms with Crippen molar-refractivity contribution in [3.63, 3.8) is 0 Å². The number of aromatic nitrogens is 2. The molecule has 0 aliphatic heterocycles. The summed E-state index contributed by atoms with van der Waals surface area (Å²) < 4.78 is 1.96. The zero-order chi connectivity index (χ0) is 13.0. The number of aliphatic hydroxyl groups excluding tert-OH is 1. The predicted octanol–water partition coefficient (Wildman–Crippen LogP) is 2.30. The third kappa shape index (κ3) is 3.11. The van der Waals surface area contributed by atoms with E-state index in [4.69, 9.17) is 0 Å². The number of imidazole rings is 1.